The van der Waals surface area contributed by atoms with Crippen LogP contribution < -0.4 is 5.32 Å². The van der Waals surface area contributed by atoms with Gasteiger partial charge in [0.25, 0.3) is 0 Å². The summed E-state index contributed by atoms with van der Waals surface area (Å²) in [5.74, 6) is -1.42. The van der Waals surface area contributed by atoms with E-state index in [2.05, 4.69) is 28.2 Å². The Hall–Kier alpha value is -2.14. The van der Waals surface area contributed by atoms with Crippen molar-refractivity contribution in [3.8, 4) is 0 Å². The summed E-state index contributed by atoms with van der Waals surface area (Å²) in [6.45, 7) is 2.87. The van der Waals surface area contributed by atoms with Gasteiger partial charge in [0.2, 0.25) is 0 Å². The number of aromatic carboxylic acids is 1. The number of hydrogen-bond donors (Lipinski definition) is 2. The molecule has 0 fully saturated rings. The zero-order valence-corrected chi connectivity index (χ0v) is 14.4. The summed E-state index contributed by atoms with van der Waals surface area (Å²) in [6, 6.07) is 11.8. The van der Waals surface area contributed by atoms with Crippen molar-refractivity contribution in [2.24, 2.45) is 0 Å². The van der Waals surface area contributed by atoms with Crippen molar-refractivity contribution in [2.45, 2.75) is 19.8 Å². The quantitative estimate of drug-likeness (QED) is 0.548. The largest absolute Gasteiger partial charge is 0.478 e. The number of nitrogens with one attached hydrogen (secondary N) is 1. The fraction of sp³-hybridized carbons (Fsp3) is 0.222. The van der Waals surface area contributed by atoms with Crippen LogP contribution in [-0.4, -0.2) is 23.4 Å². The van der Waals surface area contributed by atoms with Crippen LogP contribution in [0.25, 0.3) is 0 Å². The van der Waals surface area contributed by atoms with Crippen molar-refractivity contribution in [2.75, 3.05) is 11.9 Å². The van der Waals surface area contributed by atoms with Crippen molar-refractivity contribution in [3.63, 3.8) is 0 Å². The van der Waals surface area contributed by atoms with E-state index in [0.717, 1.165) is 25.1 Å². The van der Waals surface area contributed by atoms with E-state index in [9.17, 15) is 14.7 Å². The maximum atomic E-state index is 12.9. The minimum absolute atomic E-state index is 0.00145. The predicted octanol–water partition coefficient (Wildman–Crippen LogP) is 4.59. The van der Waals surface area contributed by atoms with Gasteiger partial charge in [-0.15, -0.1) is 0 Å². The summed E-state index contributed by atoms with van der Waals surface area (Å²) in [5, 5.41) is 12.6. The first-order valence-electron chi connectivity index (χ1n) is 7.45. The Morgan fingerprint density at radius 1 is 1.09 bits per heavy atom. The van der Waals surface area contributed by atoms with Gasteiger partial charge in [0.05, 0.1) is 5.56 Å². The van der Waals surface area contributed by atoms with E-state index in [1.807, 2.05) is 12.1 Å². The number of halogens is 1. The number of carboxylic acid groups (broad SMARTS) is 1. The van der Waals surface area contributed by atoms with Crippen molar-refractivity contribution < 1.29 is 14.7 Å². The van der Waals surface area contributed by atoms with Crippen LogP contribution >= 0.6 is 15.9 Å². The van der Waals surface area contributed by atoms with Crippen molar-refractivity contribution in [3.05, 3.63) is 63.6 Å². The summed E-state index contributed by atoms with van der Waals surface area (Å²) < 4.78 is 0.669. The third-order valence-corrected chi connectivity index (χ3v) is 3.97. The third kappa shape index (κ3) is 4.20. The van der Waals surface area contributed by atoms with Crippen molar-refractivity contribution >= 4 is 33.4 Å². The topological polar surface area (TPSA) is 66.4 Å². The average Bonchev–Trinajstić information content (AvgIpc) is 2.54. The molecular weight excluding hydrogens is 358 g/mol. The summed E-state index contributed by atoms with van der Waals surface area (Å²) in [7, 11) is 0. The Labute approximate surface area is 143 Å². The molecule has 0 aliphatic carbocycles. The second-order valence-corrected chi connectivity index (χ2v) is 6.07. The summed E-state index contributed by atoms with van der Waals surface area (Å²) >= 11 is 3.30. The SMILES string of the molecule is CCCCNc1ccccc1C(=O)c1cc(Br)ccc1C(=O)O. The van der Waals surface area contributed by atoms with Crippen molar-refractivity contribution in [1.82, 2.24) is 0 Å². The average molecular weight is 376 g/mol. The summed E-state index contributed by atoms with van der Waals surface area (Å²) in [6.07, 6.45) is 2.05. The molecule has 0 bridgehead atoms. The first-order valence-corrected chi connectivity index (χ1v) is 8.24. The van der Waals surface area contributed by atoms with Gasteiger partial charge in [-0.1, -0.05) is 41.4 Å². The molecule has 23 heavy (non-hydrogen) atoms. The molecular formula is C18H18BrNO3. The molecule has 0 unspecified atom stereocenters. The Morgan fingerprint density at radius 2 is 1.83 bits per heavy atom. The predicted molar refractivity (Wildman–Crippen MR) is 94.4 cm³/mol. The van der Waals surface area contributed by atoms with Crippen molar-refractivity contribution in [1.29, 1.82) is 0 Å². The van der Waals surface area contributed by atoms with Crippen LogP contribution in [0.4, 0.5) is 5.69 Å². The van der Waals surface area contributed by atoms with E-state index in [4.69, 9.17) is 0 Å². The van der Waals surface area contributed by atoms with Gasteiger partial charge in [-0.05, 0) is 36.8 Å². The Kier molecular flexibility index (Phi) is 5.93. The molecule has 0 aliphatic rings. The number of carbonyl (C=O) groups is 2. The maximum Gasteiger partial charge on any atom is 0.336 e. The zero-order valence-electron chi connectivity index (χ0n) is 12.8. The Balaban J connectivity index is 2.41. The molecule has 5 heteroatoms. The number of ketones is 1. The standard InChI is InChI=1S/C18H18BrNO3/c1-2-3-10-20-16-7-5-4-6-14(16)17(21)15-11-12(19)8-9-13(15)18(22)23/h4-9,11,20H,2-3,10H2,1H3,(H,22,23). The molecule has 2 aromatic rings. The second kappa shape index (κ2) is 7.92. The lowest BCUT2D eigenvalue weighted by Crippen LogP contribution is -2.12. The summed E-state index contributed by atoms with van der Waals surface area (Å²) in [5.41, 5.74) is 1.38. The number of unbranched alkanes of at least 4 members (excludes halogenated alkanes) is 1. The monoisotopic (exact) mass is 375 g/mol. The van der Waals surface area contributed by atoms with E-state index < -0.39 is 5.97 Å². The highest BCUT2D eigenvalue weighted by molar-refractivity contribution is 9.10. The highest BCUT2D eigenvalue weighted by Crippen LogP contribution is 2.24. The van der Waals surface area contributed by atoms with E-state index in [1.54, 1.807) is 24.3 Å². The van der Waals surface area contributed by atoms with Gasteiger partial charge in [-0.3, -0.25) is 4.79 Å². The molecule has 0 amide bonds. The van der Waals surface area contributed by atoms with Gasteiger partial charge >= 0.3 is 5.97 Å². The van der Waals surface area contributed by atoms with Gasteiger partial charge in [-0.2, -0.15) is 0 Å². The van der Waals surface area contributed by atoms with Crippen LogP contribution in [0, 0.1) is 0 Å². The molecule has 2 rings (SSSR count). The molecule has 120 valence electrons. The van der Waals surface area contributed by atoms with Crippen LogP contribution in [0.3, 0.4) is 0 Å². The molecule has 2 aromatic carbocycles. The molecule has 0 radical (unpaired) electrons. The lowest BCUT2D eigenvalue weighted by atomic mass is 9.97. The molecule has 0 saturated heterocycles. The summed E-state index contributed by atoms with van der Waals surface area (Å²) in [4.78, 5) is 24.2. The fourth-order valence-corrected chi connectivity index (χ4v) is 2.63. The van der Waals surface area contributed by atoms with Gasteiger partial charge in [0, 0.05) is 27.8 Å². The van der Waals surface area contributed by atoms with Gasteiger partial charge in [-0.25, -0.2) is 4.79 Å². The maximum absolute atomic E-state index is 12.9. The fourth-order valence-electron chi connectivity index (χ4n) is 2.27. The van der Waals surface area contributed by atoms with E-state index >= 15 is 0 Å². The number of benzene rings is 2. The molecule has 4 nitrogen and oxygen atoms in total. The number of anilines is 1. The molecule has 0 atom stereocenters. The number of rotatable bonds is 7. The zero-order chi connectivity index (χ0) is 16.8. The lowest BCUT2D eigenvalue weighted by molar-refractivity contribution is 0.0693. The number of hydrogen-bond acceptors (Lipinski definition) is 3. The number of carbonyl (C=O) groups excluding carboxylic acids is 1. The third-order valence-electron chi connectivity index (χ3n) is 3.47. The first kappa shape index (κ1) is 17.2. The molecule has 0 spiro atoms. The minimum atomic E-state index is -1.11. The van der Waals surface area contributed by atoms with Gasteiger partial charge < -0.3 is 10.4 Å². The van der Waals surface area contributed by atoms with Crippen LogP contribution in [0.15, 0.2) is 46.9 Å². The number of para-hydroxylation sites is 1. The Morgan fingerprint density at radius 3 is 2.52 bits per heavy atom. The second-order valence-electron chi connectivity index (χ2n) is 5.15. The normalized spacial score (nSPS) is 10.3. The first-order chi connectivity index (χ1) is 11.0. The molecule has 0 aromatic heterocycles. The van der Waals surface area contributed by atoms with Crippen LogP contribution in [0.2, 0.25) is 0 Å². The minimum Gasteiger partial charge on any atom is -0.478 e. The smallest absolute Gasteiger partial charge is 0.336 e. The molecule has 0 heterocycles. The number of carboxylic acids is 1. The van der Waals surface area contributed by atoms with Crippen LogP contribution in [0.5, 0.6) is 0 Å². The van der Waals surface area contributed by atoms with Crippen LogP contribution in [-0.2, 0) is 0 Å². The van der Waals surface area contributed by atoms with E-state index in [1.165, 1.54) is 6.07 Å². The highest BCUT2D eigenvalue weighted by atomic mass is 79.9. The molecule has 2 N–H and O–H groups in total. The highest BCUT2D eigenvalue weighted by Gasteiger charge is 2.20. The van der Waals surface area contributed by atoms with E-state index in [0.29, 0.717) is 10.0 Å². The van der Waals surface area contributed by atoms with Gasteiger partial charge in [0.1, 0.15) is 0 Å². The van der Waals surface area contributed by atoms with E-state index in [-0.39, 0.29) is 16.9 Å². The van der Waals surface area contributed by atoms with Crippen LogP contribution in [0.1, 0.15) is 46.0 Å². The van der Waals surface area contributed by atoms with Gasteiger partial charge in [0.15, 0.2) is 5.78 Å². The molecule has 0 aliphatic heterocycles. The lowest BCUT2D eigenvalue weighted by Gasteiger charge is -2.12. The Bertz CT molecular complexity index is 728. The molecule has 0 saturated carbocycles.